The minimum Gasteiger partial charge on any atom is -0.297 e. The SMILES string of the molecule is Fc1cc(CN2C[C@H]3CC[C@@H]2CN(Cc2ccncc2)C3)ccc1Cl. The lowest BCUT2D eigenvalue weighted by Gasteiger charge is -2.36. The molecule has 0 aliphatic carbocycles. The maximum Gasteiger partial charge on any atom is 0.142 e. The minimum atomic E-state index is -0.321. The zero-order valence-corrected chi connectivity index (χ0v) is 15.0. The molecule has 3 nitrogen and oxygen atoms in total. The third-order valence-electron chi connectivity index (χ3n) is 5.43. The van der Waals surface area contributed by atoms with E-state index < -0.39 is 0 Å². The van der Waals surface area contributed by atoms with Gasteiger partial charge >= 0.3 is 0 Å². The number of halogens is 2. The molecule has 3 aliphatic heterocycles. The Morgan fingerprint density at radius 2 is 1.84 bits per heavy atom. The molecule has 4 heterocycles. The van der Waals surface area contributed by atoms with E-state index in [0.29, 0.717) is 12.0 Å². The van der Waals surface area contributed by atoms with Crippen molar-refractivity contribution in [1.29, 1.82) is 0 Å². The summed E-state index contributed by atoms with van der Waals surface area (Å²) in [5.74, 6) is 0.371. The predicted octanol–water partition coefficient (Wildman–Crippen LogP) is 3.97. The van der Waals surface area contributed by atoms with Crippen LogP contribution in [0.25, 0.3) is 0 Å². The third kappa shape index (κ3) is 4.02. The highest BCUT2D eigenvalue weighted by Gasteiger charge is 2.34. The number of piperidine rings is 1. The van der Waals surface area contributed by atoms with Crippen LogP contribution < -0.4 is 0 Å². The van der Waals surface area contributed by atoms with Crippen molar-refractivity contribution < 1.29 is 4.39 Å². The van der Waals surface area contributed by atoms with Crippen molar-refractivity contribution >= 4 is 11.6 Å². The summed E-state index contributed by atoms with van der Waals surface area (Å²) in [4.78, 5) is 9.21. The molecule has 0 saturated carbocycles. The predicted molar refractivity (Wildman–Crippen MR) is 97.8 cm³/mol. The minimum absolute atomic E-state index is 0.199. The van der Waals surface area contributed by atoms with Crippen LogP contribution in [-0.4, -0.2) is 40.5 Å². The summed E-state index contributed by atoms with van der Waals surface area (Å²) in [7, 11) is 0. The summed E-state index contributed by atoms with van der Waals surface area (Å²) in [6.07, 6.45) is 6.25. The van der Waals surface area contributed by atoms with Gasteiger partial charge in [-0.15, -0.1) is 0 Å². The number of hydrogen-bond acceptors (Lipinski definition) is 3. The Balaban J connectivity index is 1.45. The molecule has 2 aromatic rings. The van der Waals surface area contributed by atoms with Crippen LogP contribution in [0.15, 0.2) is 42.7 Å². The summed E-state index contributed by atoms with van der Waals surface area (Å²) in [6.45, 7) is 5.11. The molecule has 2 atom stereocenters. The third-order valence-corrected chi connectivity index (χ3v) is 5.73. The Bertz CT molecular complexity index is 724. The fraction of sp³-hybridized carbons (Fsp3) is 0.450. The fourth-order valence-electron chi connectivity index (χ4n) is 4.22. The monoisotopic (exact) mass is 359 g/mol. The number of pyridine rings is 1. The van der Waals surface area contributed by atoms with Gasteiger partial charge in [-0.05, 0) is 54.2 Å². The second-order valence-corrected chi connectivity index (χ2v) is 7.73. The van der Waals surface area contributed by atoms with E-state index in [0.717, 1.165) is 38.3 Å². The highest BCUT2D eigenvalue weighted by molar-refractivity contribution is 6.30. The first-order valence-corrected chi connectivity index (χ1v) is 9.34. The summed E-state index contributed by atoms with van der Waals surface area (Å²) >= 11 is 5.81. The zero-order chi connectivity index (χ0) is 17.2. The zero-order valence-electron chi connectivity index (χ0n) is 14.2. The molecule has 0 unspecified atom stereocenters. The molecule has 1 aromatic carbocycles. The molecule has 0 N–H and O–H groups in total. The molecule has 1 aromatic heterocycles. The van der Waals surface area contributed by atoms with E-state index in [-0.39, 0.29) is 10.8 Å². The van der Waals surface area contributed by atoms with Crippen LogP contribution in [0, 0.1) is 11.7 Å². The maximum absolute atomic E-state index is 13.7. The van der Waals surface area contributed by atoms with Gasteiger partial charge in [-0.1, -0.05) is 17.7 Å². The van der Waals surface area contributed by atoms with Crippen LogP contribution in [0.4, 0.5) is 4.39 Å². The smallest absolute Gasteiger partial charge is 0.142 e. The van der Waals surface area contributed by atoms with E-state index >= 15 is 0 Å². The quantitative estimate of drug-likeness (QED) is 0.823. The number of nitrogens with zero attached hydrogens (tertiary/aromatic N) is 3. The Morgan fingerprint density at radius 3 is 2.64 bits per heavy atom. The second kappa shape index (κ2) is 7.40. The van der Waals surface area contributed by atoms with E-state index in [4.69, 9.17) is 11.6 Å². The van der Waals surface area contributed by atoms with Gasteiger partial charge in [0, 0.05) is 51.2 Å². The van der Waals surface area contributed by atoms with Gasteiger partial charge in [-0.2, -0.15) is 0 Å². The molecule has 132 valence electrons. The topological polar surface area (TPSA) is 19.4 Å². The van der Waals surface area contributed by atoms with Crippen molar-refractivity contribution in [3.05, 3.63) is 64.7 Å². The van der Waals surface area contributed by atoms with E-state index in [2.05, 4.69) is 26.9 Å². The summed E-state index contributed by atoms with van der Waals surface area (Å²) in [6, 6.07) is 9.92. The number of fused-ring (bicyclic) bond motifs is 4. The summed E-state index contributed by atoms with van der Waals surface area (Å²) < 4.78 is 13.7. The Hall–Kier alpha value is -1.49. The molecule has 3 aliphatic rings. The summed E-state index contributed by atoms with van der Waals surface area (Å²) in [5, 5.41) is 0.199. The lowest BCUT2D eigenvalue weighted by Crippen LogP contribution is -2.43. The van der Waals surface area contributed by atoms with Crippen molar-refractivity contribution in [2.75, 3.05) is 19.6 Å². The molecular weight excluding hydrogens is 337 g/mol. The lowest BCUT2D eigenvalue weighted by molar-refractivity contribution is 0.123. The van der Waals surface area contributed by atoms with Crippen LogP contribution in [0.3, 0.4) is 0 Å². The second-order valence-electron chi connectivity index (χ2n) is 7.32. The van der Waals surface area contributed by atoms with Gasteiger partial charge in [-0.25, -0.2) is 4.39 Å². The molecule has 3 fully saturated rings. The molecule has 2 bridgehead atoms. The average Bonchev–Trinajstić information content (AvgIpc) is 2.89. The first kappa shape index (κ1) is 17.0. The highest BCUT2D eigenvalue weighted by atomic mass is 35.5. The fourth-order valence-corrected chi connectivity index (χ4v) is 4.34. The van der Waals surface area contributed by atoms with Crippen molar-refractivity contribution in [1.82, 2.24) is 14.8 Å². The first-order chi connectivity index (χ1) is 12.2. The van der Waals surface area contributed by atoms with Crippen molar-refractivity contribution in [2.45, 2.75) is 32.0 Å². The molecule has 3 saturated heterocycles. The van der Waals surface area contributed by atoms with Crippen LogP contribution >= 0.6 is 11.6 Å². The van der Waals surface area contributed by atoms with Gasteiger partial charge in [0.1, 0.15) is 5.82 Å². The number of rotatable bonds is 4. The van der Waals surface area contributed by atoms with Gasteiger partial charge in [0.15, 0.2) is 0 Å². The van der Waals surface area contributed by atoms with Crippen molar-refractivity contribution in [3.8, 4) is 0 Å². The molecule has 0 amide bonds. The van der Waals surface area contributed by atoms with Gasteiger partial charge < -0.3 is 0 Å². The van der Waals surface area contributed by atoms with E-state index in [1.165, 1.54) is 18.4 Å². The summed E-state index contributed by atoms with van der Waals surface area (Å²) in [5.41, 5.74) is 2.33. The first-order valence-electron chi connectivity index (χ1n) is 8.96. The molecule has 0 spiro atoms. The van der Waals surface area contributed by atoms with Gasteiger partial charge in [0.05, 0.1) is 5.02 Å². The number of hydrogen-bond donors (Lipinski definition) is 0. The largest absolute Gasteiger partial charge is 0.297 e. The van der Waals surface area contributed by atoms with E-state index in [1.54, 1.807) is 12.1 Å². The molecule has 5 rings (SSSR count). The Labute approximate surface area is 153 Å². The number of benzene rings is 1. The van der Waals surface area contributed by atoms with Crippen LogP contribution in [0.1, 0.15) is 24.0 Å². The van der Waals surface area contributed by atoms with E-state index in [1.807, 2.05) is 18.5 Å². The van der Waals surface area contributed by atoms with Crippen molar-refractivity contribution in [2.24, 2.45) is 5.92 Å². The molecular formula is C20H23ClFN3. The number of aromatic nitrogens is 1. The van der Waals surface area contributed by atoms with Crippen LogP contribution in [0.5, 0.6) is 0 Å². The van der Waals surface area contributed by atoms with Crippen molar-refractivity contribution in [3.63, 3.8) is 0 Å². The van der Waals surface area contributed by atoms with E-state index in [9.17, 15) is 4.39 Å². The van der Waals surface area contributed by atoms with Crippen LogP contribution in [-0.2, 0) is 13.1 Å². The molecule has 0 radical (unpaired) electrons. The van der Waals surface area contributed by atoms with Gasteiger partial charge in [-0.3, -0.25) is 14.8 Å². The molecule has 5 heteroatoms. The Kier molecular flexibility index (Phi) is 5.02. The van der Waals surface area contributed by atoms with Gasteiger partial charge in [0.25, 0.3) is 0 Å². The lowest BCUT2D eigenvalue weighted by atomic mass is 9.94. The van der Waals surface area contributed by atoms with Gasteiger partial charge in [0.2, 0.25) is 0 Å². The maximum atomic E-state index is 13.7. The highest BCUT2D eigenvalue weighted by Crippen LogP contribution is 2.30. The molecule has 25 heavy (non-hydrogen) atoms. The van der Waals surface area contributed by atoms with Crippen LogP contribution in [0.2, 0.25) is 5.02 Å². The standard InChI is InChI=1S/C20H23ClFN3/c21-19-4-2-16(9-20(19)22)12-25-13-17-1-3-18(25)14-24(11-17)10-15-5-7-23-8-6-15/h2,4-9,17-18H,1,3,10-14H2/t17-,18+/m0/s1. The Morgan fingerprint density at radius 1 is 1.00 bits per heavy atom. The average molecular weight is 360 g/mol. The normalized spacial score (nSPS) is 24.4.